The number of imidazole rings is 1. The number of nitrogens with one attached hydrogen (secondary N) is 1. The van der Waals surface area contributed by atoms with Crippen LogP contribution in [-0.2, 0) is 13.0 Å². The molecular formula is C25H25N3O2S. The van der Waals surface area contributed by atoms with Crippen LogP contribution in [0.1, 0.15) is 44.6 Å². The van der Waals surface area contributed by atoms with Crippen LogP contribution >= 0.6 is 11.8 Å². The van der Waals surface area contributed by atoms with Crippen LogP contribution in [0.4, 0.5) is 0 Å². The number of hydrogen-bond acceptors (Lipinski definition) is 4. The number of carbonyl (C=O) groups is 2. The van der Waals surface area contributed by atoms with Crippen molar-refractivity contribution in [2.24, 2.45) is 0 Å². The van der Waals surface area contributed by atoms with Gasteiger partial charge in [-0.1, -0.05) is 54.2 Å². The van der Waals surface area contributed by atoms with Crippen molar-refractivity contribution in [1.29, 1.82) is 0 Å². The van der Waals surface area contributed by atoms with Gasteiger partial charge < -0.3 is 9.55 Å². The maximum Gasteiger partial charge on any atom is 0.189 e. The van der Waals surface area contributed by atoms with Gasteiger partial charge in [-0.3, -0.25) is 9.59 Å². The Balaban J connectivity index is 1.56. The summed E-state index contributed by atoms with van der Waals surface area (Å²) in [5.74, 6) is 0.202. The average molecular weight is 432 g/mol. The molecule has 0 aliphatic heterocycles. The number of Topliss-reactive ketones (excluding diaryl/α,β-unsaturated/α-hetero) is 2. The molecule has 0 saturated carbocycles. The van der Waals surface area contributed by atoms with Gasteiger partial charge in [0.05, 0.1) is 22.5 Å². The van der Waals surface area contributed by atoms with E-state index in [1.165, 1.54) is 24.2 Å². The highest BCUT2D eigenvalue weighted by atomic mass is 32.2. The molecule has 0 unspecified atom stereocenters. The van der Waals surface area contributed by atoms with Crippen LogP contribution in [0.15, 0.2) is 59.8 Å². The molecule has 1 N–H and O–H groups in total. The first kappa shape index (κ1) is 21.1. The van der Waals surface area contributed by atoms with Crippen LogP contribution in [0.5, 0.6) is 0 Å². The maximum absolute atomic E-state index is 12.9. The third kappa shape index (κ3) is 4.35. The number of aryl methyl sites for hydroxylation is 3. The van der Waals surface area contributed by atoms with E-state index in [9.17, 15) is 9.59 Å². The Morgan fingerprint density at radius 1 is 1.03 bits per heavy atom. The Morgan fingerprint density at radius 3 is 2.45 bits per heavy atom. The summed E-state index contributed by atoms with van der Waals surface area (Å²) in [6.07, 6.45) is 0.888. The number of benzene rings is 2. The highest BCUT2D eigenvalue weighted by Crippen LogP contribution is 2.26. The highest BCUT2D eigenvalue weighted by Gasteiger charge is 2.21. The number of rotatable bonds is 8. The van der Waals surface area contributed by atoms with E-state index in [0.29, 0.717) is 11.3 Å². The molecule has 6 heteroatoms. The molecule has 0 fully saturated rings. The molecule has 2 heterocycles. The molecule has 0 radical (unpaired) electrons. The summed E-state index contributed by atoms with van der Waals surface area (Å²) in [6, 6.07) is 18.4. The summed E-state index contributed by atoms with van der Waals surface area (Å²) in [5, 5.41) is 0.832. The minimum Gasteiger partial charge on any atom is -0.355 e. The van der Waals surface area contributed by atoms with Gasteiger partial charge in [0.25, 0.3) is 0 Å². The van der Waals surface area contributed by atoms with Crippen molar-refractivity contribution in [3.63, 3.8) is 0 Å². The van der Waals surface area contributed by atoms with Gasteiger partial charge in [-0.05, 0) is 50.5 Å². The molecule has 0 amide bonds. The standard InChI is InChI=1S/C25H25N3O2S/c1-16-23(18(3)29)17(2)26-24(16)22(30)15-31-25-27-20-11-7-8-12-21(20)28(25)14-13-19-9-5-4-6-10-19/h4-12,26H,13-15H2,1-3H3. The lowest BCUT2D eigenvalue weighted by Crippen LogP contribution is -2.08. The van der Waals surface area contributed by atoms with Gasteiger partial charge >= 0.3 is 0 Å². The number of hydrogen-bond donors (Lipinski definition) is 1. The molecular weight excluding hydrogens is 406 g/mol. The van der Waals surface area contributed by atoms with Crippen LogP contribution in [0, 0.1) is 13.8 Å². The van der Waals surface area contributed by atoms with Crippen LogP contribution in [-0.4, -0.2) is 31.9 Å². The number of fused-ring (bicyclic) bond motifs is 1. The van der Waals surface area contributed by atoms with Gasteiger partial charge in [0.1, 0.15) is 0 Å². The molecule has 4 rings (SSSR count). The number of thioether (sulfide) groups is 1. The zero-order valence-electron chi connectivity index (χ0n) is 17.9. The van der Waals surface area contributed by atoms with Gasteiger partial charge in [-0.2, -0.15) is 0 Å². The van der Waals surface area contributed by atoms with Gasteiger partial charge in [0.15, 0.2) is 16.7 Å². The van der Waals surface area contributed by atoms with Crippen molar-refractivity contribution in [3.05, 3.63) is 82.7 Å². The number of carbonyl (C=O) groups excluding carboxylic acids is 2. The fourth-order valence-corrected chi connectivity index (χ4v) is 4.94. The molecule has 0 bridgehead atoms. The molecule has 0 spiro atoms. The van der Waals surface area contributed by atoms with E-state index in [0.717, 1.165) is 40.4 Å². The van der Waals surface area contributed by atoms with Crippen LogP contribution < -0.4 is 0 Å². The predicted octanol–water partition coefficient (Wildman–Crippen LogP) is 5.40. The molecule has 0 saturated heterocycles. The van der Waals surface area contributed by atoms with Crippen molar-refractivity contribution >= 4 is 34.4 Å². The summed E-state index contributed by atoms with van der Waals surface area (Å²) >= 11 is 1.44. The molecule has 0 atom stereocenters. The van der Waals surface area contributed by atoms with Crippen molar-refractivity contribution in [2.75, 3.05) is 5.75 Å². The number of nitrogens with zero attached hydrogens (tertiary/aromatic N) is 2. The summed E-state index contributed by atoms with van der Waals surface area (Å²) in [6.45, 7) is 5.97. The van der Waals surface area contributed by atoms with Gasteiger partial charge in [0, 0.05) is 17.8 Å². The number of H-pyrrole nitrogens is 1. The quantitative estimate of drug-likeness (QED) is 0.300. The van der Waals surface area contributed by atoms with Crippen molar-refractivity contribution in [2.45, 2.75) is 38.9 Å². The van der Waals surface area contributed by atoms with E-state index in [1.54, 1.807) is 0 Å². The van der Waals surface area contributed by atoms with Crippen molar-refractivity contribution in [3.8, 4) is 0 Å². The maximum atomic E-state index is 12.9. The second-order valence-electron chi connectivity index (χ2n) is 7.66. The van der Waals surface area contributed by atoms with Crippen LogP contribution in [0.25, 0.3) is 11.0 Å². The molecule has 2 aromatic carbocycles. The number of para-hydroxylation sites is 2. The first-order valence-corrected chi connectivity index (χ1v) is 11.3. The monoisotopic (exact) mass is 431 g/mol. The normalized spacial score (nSPS) is 11.2. The van der Waals surface area contributed by atoms with Gasteiger partial charge in [-0.25, -0.2) is 4.98 Å². The zero-order valence-corrected chi connectivity index (χ0v) is 18.8. The Hall–Kier alpha value is -3.12. The Bertz CT molecular complexity index is 1250. The van der Waals surface area contributed by atoms with Crippen molar-refractivity contribution in [1.82, 2.24) is 14.5 Å². The average Bonchev–Trinajstić information content (AvgIpc) is 3.27. The first-order chi connectivity index (χ1) is 15.0. The lowest BCUT2D eigenvalue weighted by atomic mass is 10.1. The Kier molecular flexibility index (Phi) is 6.09. The van der Waals surface area contributed by atoms with E-state index in [4.69, 9.17) is 4.98 Å². The molecule has 0 aliphatic rings. The van der Waals surface area contributed by atoms with Gasteiger partial charge in [0.2, 0.25) is 0 Å². The van der Waals surface area contributed by atoms with Crippen LogP contribution in [0.3, 0.4) is 0 Å². The molecule has 0 aliphatic carbocycles. The molecule has 2 aromatic heterocycles. The minimum absolute atomic E-state index is 0.0272. The van der Waals surface area contributed by atoms with E-state index in [2.05, 4.69) is 27.8 Å². The van der Waals surface area contributed by atoms with E-state index >= 15 is 0 Å². The molecule has 158 valence electrons. The second-order valence-corrected chi connectivity index (χ2v) is 8.61. The molecule has 4 aromatic rings. The smallest absolute Gasteiger partial charge is 0.189 e. The summed E-state index contributed by atoms with van der Waals surface area (Å²) in [7, 11) is 0. The van der Waals surface area contributed by atoms with Crippen LogP contribution in [0.2, 0.25) is 0 Å². The summed E-state index contributed by atoms with van der Waals surface area (Å²) < 4.78 is 2.19. The lowest BCUT2D eigenvalue weighted by molar-refractivity contribution is 0.101. The number of aromatic amines is 1. The van der Waals surface area contributed by atoms with Gasteiger partial charge in [-0.15, -0.1) is 0 Å². The first-order valence-electron chi connectivity index (χ1n) is 10.3. The topological polar surface area (TPSA) is 67.8 Å². The lowest BCUT2D eigenvalue weighted by Gasteiger charge is -2.09. The summed E-state index contributed by atoms with van der Waals surface area (Å²) in [4.78, 5) is 32.7. The number of aromatic nitrogens is 3. The predicted molar refractivity (Wildman–Crippen MR) is 125 cm³/mol. The van der Waals surface area contributed by atoms with Crippen molar-refractivity contribution < 1.29 is 9.59 Å². The fraction of sp³-hybridized carbons (Fsp3) is 0.240. The highest BCUT2D eigenvalue weighted by molar-refractivity contribution is 7.99. The van der Waals surface area contributed by atoms with E-state index in [1.807, 2.05) is 50.2 Å². The SMILES string of the molecule is CC(=O)c1c(C)[nH]c(C(=O)CSc2nc3ccccc3n2CCc2ccccc2)c1C. The second kappa shape index (κ2) is 8.94. The fourth-order valence-electron chi connectivity index (χ4n) is 4.02. The number of ketones is 2. The zero-order chi connectivity index (χ0) is 22.0. The summed E-state index contributed by atoms with van der Waals surface area (Å²) in [5.41, 5.74) is 5.87. The molecule has 31 heavy (non-hydrogen) atoms. The minimum atomic E-state index is -0.0280. The Labute approximate surface area is 185 Å². The third-order valence-corrected chi connectivity index (χ3v) is 6.46. The largest absolute Gasteiger partial charge is 0.355 e. The van der Waals surface area contributed by atoms with E-state index < -0.39 is 0 Å². The van der Waals surface area contributed by atoms with E-state index in [-0.39, 0.29) is 17.3 Å². The Morgan fingerprint density at radius 2 is 1.74 bits per heavy atom. The molecule has 5 nitrogen and oxygen atoms in total. The third-order valence-electron chi connectivity index (χ3n) is 5.49.